The minimum atomic E-state index is 0.160. The van der Waals surface area contributed by atoms with Gasteiger partial charge in [0.05, 0.1) is 18.8 Å². The van der Waals surface area contributed by atoms with Gasteiger partial charge < -0.3 is 25.2 Å². The Balaban J connectivity index is 1.30. The van der Waals surface area contributed by atoms with E-state index in [0.717, 1.165) is 50.1 Å². The van der Waals surface area contributed by atoms with Gasteiger partial charge in [-0.25, -0.2) is 4.98 Å². The fourth-order valence-electron chi connectivity index (χ4n) is 4.37. The predicted molar refractivity (Wildman–Crippen MR) is 132 cm³/mol. The second kappa shape index (κ2) is 10.7. The molecule has 1 aromatic heterocycles. The van der Waals surface area contributed by atoms with Crippen LogP contribution < -0.4 is 20.4 Å². The van der Waals surface area contributed by atoms with Crippen molar-refractivity contribution in [3.8, 4) is 0 Å². The van der Waals surface area contributed by atoms with E-state index in [2.05, 4.69) is 80.7 Å². The maximum atomic E-state index is 5.62. The van der Waals surface area contributed by atoms with Gasteiger partial charge in [-0.2, -0.15) is 0 Å². The standard InChI is InChI=1S/C25H36N6O/c1-19-18-31(13-14-32-19)24-10-9-21(16-27-24)17-28-25(26-3)29-20(2)22-7-6-8-23(15-22)30-11-4-5-12-30/h6-10,15-16,19-20H,4-5,11-14,17-18H2,1-3H3,(H2,26,28,29). The van der Waals surface area contributed by atoms with E-state index >= 15 is 0 Å². The number of morpholine rings is 1. The van der Waals surface area contributed by atoms with Gasteiger partial charge in [0.1, 0.15) is 5.82 Å². The summed E-state index contributed by atoms with van der Waals surface area (Å²) in [6.45, 7) is 9.81. The number of guanidine groups is 1. The summed E-state index contributed by atoms with van der Waals surface area (Å²) in [5, 5.41) is 6.93. The molecule has 2 aliphatic rings. The molecule has 2 atom stereocenters. The monoisotopic (exact) mass is 436 g/mol. The van der Waals surface area contributed by atoms with Gasteiger partial charge >= 0.3 is 0 Å². The van der Waals surface area contributed by atoms with Gasteiger partial charge in [-0.3, -0.25) is 4.99 Å². The third-order valence-electron chi connectivity index (χ3n) is 6.25. The van der Waals surface area contributed by atoms with Crippen LogP contribution in [-0.4, -0.2) is 56.9 Å². The number of pyridine rings is 1. The van der Waals surface area contributed by atoms with Crippen molar-refractivity contribution in [3.05, 3.63) is 53.7 Å². The summed E-state index contributed by atoms with van der Waals surface area (Å²) in [4.78, 5) is 13.8. The summed E-state index contributed by atoms with van der Waals surface area (Å²) in [6.07, 6.45) is 4.77. The van der Waals surface area contributed by atoms with Crippen molar-refractivity contribution < 1.29 is 4.74 Å². The molecule has 0 radical (unpaired) electrons. The van der Waals surface area contributed by atoms with E-state index in [9.17, 15) is 0 Å². The number of benzene rings is 1. The van der Waals surface area contributed by atoms with Crippen LogP contribution in [0.3, 0.4) is 0 Å². The van der Waals surface area contributed by atoms with Gasteiger partial charge in [-0.15, -0.1) is 0 Å². The van der Waals surface area contributed by atoms with Crippen LogP contribution in [0.4, 0.5) is 11.5 Å². The van der Waals surface area contributed by atoms with Crippen molar-refractivity contribution in [1.29, 1.82) is 0 Å². The summed E-state index contributed by atoms with van der Waals surface area (Å²) in [5.74, 6) is 1.80. The molecule has 2 aromatic rings. The molecule has 7 heteroatoms. The van der Waals surface area contributed by atoms with Gasteiger partial charge in [0.15, 0.2) is 5.96 Å². The van der Waals surface area contributed by atoms with E-state index in [1.807, 2.05) is 13.2 Å². The molecule has 2 saturated heterocycles. The lowest BCUT2D eigenvalue weighted by Gasteiger charge is -2.32. The lowest BCUT2D eigenvalue weighted by molar-refractivity contribution is 0.0529. The quantitative estimate of drug-likeness (QED) is 0.535. The van der Waals surface area contributed by atoms with Gasteiger partial charge in [0, 0.05) is 51.7 Å². The first kappa shape index (κ1) is 22.4. The SMILES string of the molecule is CN=C(NCc1ccc(N2CCOC(C)C2)nc1)NC(C)c1cccc(N2CCCC2)c1. The highest BCUT2D eigenvalue weighted by molar-refractivity contribution is 5.80. The van der Waals surface area contributed by atoms with Crippen molar-refractivity contribution in [2.45, 2.75) is 45.4 Å². The Morgan fingerprint density at radius 1 is 1.19 bits per heavy atom. The van der Waals surface area contributed by atoms with E-state index in [1.165, 1.54) is 24.1 Å². The van der Waals surface area contributed by atoms with Crippen LogP contribution >= 0.6 is 0 Å². The number of ether oxygens (including phenoxy) is 1. The van der Waals surface area contributed by atoms with E-state index in [1.54, 1.807) is 0 Å². The number of hydrogen-bond donors (Lipinski definition) is 2. The minimum Gasteiger partial charge on any atom is -0.375 e. The number of anilines is 2. The largest absolute Gasteiger partial charge is 0.375 e. The normalized spacial score (nSPS) is 20.3. The second-order valence-corrected chi connectivity index (χ2v) is 8.73. The molecule has 172 valence electrons. The summed E-state index contributed by atoms with van der Waals surface area (Å²) in [5.41, 5.74) is 3.71. The summed E-state index contributed by atoms with van der Waals surface area (Å²) >= 11 is 0. The Hall–Kier alpha value is -2.80. The molecular formula is C25H36N6O. The Morgan fingerprint density at radius 3 is 2.75 bits per heavy atom. The van der Waals surface area contributed by atoms with Crippen LogP contribution in [0.1, 0.15) is 43.9 Å². The molecule has 0 saturated carbocycles. The average Bonchev–Trinajstić information content (AvgIpc) is 3.37. The van der Waals surface area contributed by atoms with E-state index < -0.39 is 0 Å². The number of nitrogens with zero attached hydrogens (tertiary/aromatic N) is 4. The Kier molecular flexibility index (Phi) is 7.47. The van der Waals surface area contributed by atoms with Crippen molar-refractivity contribution in [2.75, 3.05) is 49.6 Å². The molecular weight excluding hydrogens is 400 g/mol. The Labute approximate surface area is 191 Å². The van der Waals surface area contributed by atoms with Crippen molar-refractivity contribution in [1.82, 2.24) is 15.6 Å². The third kappa shape index (κ3) is 5.71. The minimum absolute atomic E-state index is 0.160. The molecule has 2 N–H and O–H groups in total. The molecule has 0 aliphatic carbocycles. The van der Waals surface area contributed by atoms with Crippen molar-refractivity contribution >= 4 is 17.5 Å². The number of aliphatic imine (C=N–C) groups is 1. The second-order valence-electron chi connectivity index (χ2n) is 8.73. The van der Waals surface area contributed by atoms with Crippen LogP contribution in [0.5, 0.6) is 0 Å². The zero-order valence-electron chi connectivity index (χ0n) is 19.6. The molecule has 2 aliphatic heterocycles. The van der Waals surface area contributed by atoms with E-state index in [-0.39, 0.29) is 12.1 Å². The van der Waals surface area contributed by atoms with E-state index in [4.69, 9.17) is 4.74 Å². The van der Waals surface area contributed by atoms with Crippen LogP contribution in [0.2, 0.25) is 0 Å². The van der Waals surface area contributed by atoms with Crippen molar-refractivity contribution in [2.24, 2.45) is 4.99 Å². The van der Waals surface area contributed by atoms with Crippen LogP contribution in [0, 0.1) is 0 Å². The summed E-state index contributed by atoms with van der Waals surface area (Å²) in [6, 6.07) is 13.2. The van der Waals surface area contributed by atoms with Crippen LogP contribution in [0.25, 0.3) is 0 Å². The first-order valence-corrected chi connectivity index (χ1v) is 11.8. The van der Waals surface area contributed by atoms with Gasteiger partial charge in [0.2, 0.25) is 0 Å². The summed E-state index contributed by atoms with van der Waals surface area (Å²) < 4.78 is 5.62. The molecule has 32 heavy (non-hydrogen) atoms. The average molecular weight is 437 g/mol. The predicted octanol–water partition coefficient (Wildman–Crippen LogP) is 3.33. The Morgan fingerprint density at radius 2 is 2.03 bits per heavy atom. The molecule has 3 heterocycles. The van der Waals surface area contributed by atoms with Crippen molar-refractivity contribution in [3.63, 3.8) is 0 Å². The van der Waals surface area contributed by atoms with Gasteiger partial charge in [0.25, 0.3) is 0 Å². The molecule has 7 nitrogen and oxygen atoms in total. The highest BCUT2D eigenvalue weighted by atomic mass is 16.5. The molecule has 2 fully saturated rings. The van der Waals surface area contributed by atoms with Crippen LogP contribution in [-0.2, 0) is 11.3 Å². The lowest BCUT2D eigenvalue weighted by atomic mass is 10.1. The fourth-order valence-corrected chi connectivity index (χ4v) is 4.37. The van der Waals surface area contributed by atoms with Gasteiger partial charge in [-0.1, -0.05) is 18.2 Å². The lowest BCUT2D eigenvalue weighted by Crippen LogP contribution is -2.41. The maximum absolute atomic E-state index is 5.62. The number of aromatic nitrogens is 1. The fraction of sp³-hybridized carbons (Fsp3) is 0.520. The molecule has 4 rings (SSSR count). The summed E-state index contributed by atoms with van der Waals surface area (Å²) in [7, 11) is 1.81. The molecule has 0 bridgehead atoms. The molecule has 0 spiro atoms. The van der Waals surface area contributed by atoms with E-state index in [0.29, 0.717) is 6.54 Å². The third-order valence-corrected chi connectivity index (χ3v) is 6.25. The first-order chi connectivity index (χ1) is 15.6. The smallest absolute Gasteiger partial charge is 0.191 e. The maximum Gasteiger partial charge on any atom is 0.191 e. The Bertz CT molecular complexity index is 894. The number of hydrogen-bond acceptors (Lipinski definition) is 5. The molecule has 1 aromatic carbocycles. The first-order valence-electron chi connectivity index (χ1n) is 11.8. The van der Waals surface area contributed by atoms with Crippen LogP contribution in [0.15, 0.2) is 47.6 Å². The molecule has 0 amide bonds. The topological polar surface area (TPSA) is 65.0 Å². The zero-order chi connectivity index (χ0) is 22.3. The highest BCUT2D eigenvalue weighted by Crippen LogP contribution is 2.24. The molecule has 2 unspecified atom stereocenters. The highest BCUT2D eigenvalue weighted by Gasteiger charge is 2.18. The zero-order valence-corrected chi connectivity index (χ0v) is 19.6. The van der Waals surface area contributed by atoms with Gasteiger partial charge in [-0.05, 0) is 56.0 Å². The number of nitrogens with one attached hydrogen (secondary N) is 2. The number of rotatable bonds is 6.